The predicted octanol–water partition coefficient (Wildman–Crippen LogP) is 5.36. The second kappa shape index (κ2) is 8.75. The van der Waals surface area contributed by atoms with Crippen molar-refractivity contribution in [3.8, 4) is 0 Å². The van der Waals surface area contributed by atoms with Crippen molar-refractivity contribution >= 4 is 11.6 Å². The van der Waals surface area contributed by atoms with Crippen molar-refractivity contribution < 1.29 is 4.39 Å². The van der Waals surface area contributed by atoms with Crippen molar-refractivity contribution in [2.24, 2.45) is 5.92 Å². The van der Waals surface area contributed by atoms with Crippen LogP contribution < -0.4 is 5.32 Å². The SMILES string of the molecule is CCCNC(Cc1ccc(Cl)c(F)c1)C1CCCCCC1. The summed E-state index contributed by atoms with van der Waals surface area (Å²) in [5.74, 6) is 0.419. The molecule has 1 aromatic rings. The lowest BCUT2D eigenvalue weighted by molar-refractivity contribution is 0.317. The second-order valence-electron chi connectivity index (χ2n) is 6.26. The Kier molecular flexibility index (Phi) is 6.98. The fourth-order valence-electron chi connectivity index (χ4n) is 3.37. The van der Waals surface area contributed by atoms with Gasteiger partial charge in [-0.3, -0.25) is 0 Å². The molecule has 2 rings (SSSR count). The maximum Gasteiger partial charge on any atom is 0.142 e. The van der Waals surface area contributed by atoms with Gasteiger partial charge in [0, 0.05) is 6.04 Å². The third-order valence-corrected chi connectivity index (χ3v) is 4.87. The van der Waals surface area contributed by atoms with E-state index in [0.29, 0.717) is 6.04 Å². The molecule has 1 saturated carbocycles. The number of rotatable bonds is 6. The first-order valence-corrected chi connectivity index (χ1v) is 8.75. The molecule has 1 atom stereocenters. The lowest BCUT2D eigenvalue weighted by atomic mass is 9.87. The maximum absolute atomic E-state index is 13.6. The van der Waals surface area contributed by atoms with Gasteiger partial charge in [-0.15, -0.1) is 0 Å². The van der Waals surface area contributed by atoms with E-state index in [2.05, 4.69) is 12.2 Å². The van der Waals surface area contributed by atoms with E-state index in [1.807, 2.05) is 6.07 Å². The Hall–Kier alpha value is -0.600. The fraction of sp³-hybridized carbons (Fsp3) is 0.667. The third kappa shape index (κ3) is 5.27. The Balaban J connectivity index is 2.05. The highest BCUT2D eigenvalue weighted by molar-refractivity contribution is 6.30. The normalized spacial score (nSPS) is 18.4. The topological polar surface area (TPSA) is 12.0 Å². The molecule has 1 aliphatic rings. The van der Waals surface area contributed by atoms with Gasteiger partial charge in [-0.1, -0.05) is 50.3 Å². The maximum atomic E-state index is 13.6. The molecule has 0 radical (unpaired) electrons. The zero-order chi connectivity index (χ0) is 15.1. The predicted molar refractivity (Wildman–Crippen MR) is 88.4 cm³/mol. The summed E-state index contributed by atoms with van der Waals surface area (Å²) < 4.78 is 13.6. The van der Waals surface area contributed by atoms with Crippen LogP contribution in [0.4, 0.5) is 4.39 Å². The molecule has 0 heterocycles. The van der Waals surface area contributed by atoms with Crippen LogP contribution in [0, 0.1) is 11.7 Å². The minimum absolute atomic E-state index is 0.214. The van der Waals surface area contributed by atoms with E-state index in [1.165, 1.54) is 38.5 Å². The summed E-state index contributed by atoms with van der Waals surface area (Å²) in [6.45, 7) is 3.23. The van der Waals surface area contributed by atoms with Crippen molar-refractivity contribution in [1.82, 2.24) is 5.32 Å². The van der Waals surface area contributed by atoms with Crippen LogP contribution in [0.2, 0.25) is 5.02 Å². The Bertz CT molecular complexity index is 427. The highest BCUT2D eigenvalue weighted by atomic mass is 35.5. The molecular formula is C18H27ClFN. The molecule has 0 saturated heterocycles. The summed E-state index contributed by atoms with van der Waals surface area (Å²) in [5, 5.41) is 3.91. The quantitative estimate of drug-likeness (QED) is 0.697. The van der Waals surface area contributed by atoms with Crippen molar-refractivity contribution in [1.29, 1.82) is 0 Å². The van der Waals surface area contributed by atoms with E-state index in [0.717, 1.165) is 30.9 Å². The Morgan fingerprint density at radius 3 is 2.57 bits per heavy atom. The van der Waals surface area contributed by atoms with Crippen LogP contribution in [0.1, 0.15) is 57.4 Å². The van der Waals surface area contributed by atoms with Gasteiger partial charge >= 0.3 is 0 Å². The number of hydrogen-bond donors (Lipinski definition) is 1. The first-order chi connectivity index (χ1) is 10.2. The lowest BCUT2D eigenvalue weighted by Gasteiger charge is -2.27. The summed E-state index contributed by atoms with van der Waals surface area (Å²) in [5.41, 5.74) is 1.05. The molecule has 1 aromatic carbocycles. The molecule has 1 unspecified atom stereocenters. The average molecular weight is 312 g/mol. The Labute approximate surface area is 133 Å². The highest BCUT2D eigenvalue weighted by Gasteiger charge is 2.22. The summed E-state index contributed by atoms with van der Waals surface area (Å²) >= 11 is 5.78. The first kappa shape index (κ1) is 16.8. The van der Waals surface area contributed by atoms with E-state index < -0.39 is 0 Å². The molecule has 21 heavy (non-hydrogen) atoms. The Morgan fingerprint density at radius 1 is 1.24 bits per heavy atom. The van der Waals surface area contributed by atoms with Gasteiger partial charge in [-0.2, -0.15) is 0 Å². The van der Waals surface area contributed by atoms with Crippen LogP contribution in [-0.2, 0) is 6.42 Å². The smallest absolute Gasteiger partial charge is 0.142 e. The van der Waals surface area contributed by atoms with Gasteiger partial charge in [0.25, 0.3) is 0 Å². The van der Waals surface area contributed by atoms with E-state index in [9.17, 15) is 4.39 Å². The van der Waals surface area contributed by atoms with Gasteiger partial charge in [-0.05, 0) is 55.8 Å². The first-order valence-electron chi connectivity index (χ1n) is 8.38. The van der Waals surface area contributed by atoms with E-state index in [4.69, 9.17) is 11.6 Å². The average Bonchev–Trinajstić information content (AvgIpc) is 2.76. The molecule has 1 nitrogen and oxygen atoms in total. The molecule has 0 aromatic heterocycles. The van der Waals surface area contributed by atoms with Crippen LogP contribution in [0.3, 0.4) is 0 Å². The largest absolute Gasteiger partial charge is 0.313 e. The molecule has 0 aliphatic heterocycles. The zero-order valence-corrected chi connectivity index (χ0v) is 13.8. The molecule has 1 aliphatic carbocycles. The van der Waals surface area contributed by atoms with Gasteiger partial charge in [-0.25, -0.2) is 4.39 Å². The van der Waals surface area contributed by atoms with Crippen molar-refractivity contribution in [2.45, 2.75) is 64.3 Å². The van der Waals surface area contributed by atoms with Crippen LogP contribution in [0.15, 0.2) is 18.2 Å². The number of benzene rings is 1. The minimum atomic E-state index is -0.302. The van der Waals surface area contributed by atoms with Gasteiger partial charge in [0.2, 0.25) is 0 Å². The van der Waals surface area contributed by atoms with Crippen LogP contribution in [0.5, 0.6) is 0 Å². The van der Waals surface area contributed by atoms with E-state index in [1.54, 1.807) is 12.1 Å². The van der Waals surface area contributed by atoms with Gasteiger partial charge in [0.1, 0.15) is 5.82 Å². The summed E-state index contributed by atoms with van der Waals surface area (Å²) in [6.07, 6.45) is 10.1. The van der Waals surface area contributed by atoms with Gasteiger partial charge in [0.15, 0.2) is 0 Å². The molecule has 118 valence electrons. The fourth-order valence-corrected chi connectivity index (χ4v) is 3.49. The van der Waals surface area contributed by atoms with Crippen molar-refractivity contribution in [3.63, 3.8) is 0 Å². The van der Waals surface area contributed by atoms with Crippen LogP contribution >= 0.6 is 11.6 Å². The molecular weight excluding hydrogens is 285 g/mol. The van der Waals surface area contributed by atoms with E-state index >= 15 is 0 Å². The zero-order valence-electron chi connectivity index (χ0n) is 13.0. The highest BCUT2D eigenvalue weighted by Crippen LogP contribution is 2.28. The molecule has 3 heteroatoms. The third-order valence-electron chi connectivity index (χ3n) is 4.57. The standard InChI is InChI=1S/C18H27ClFN/c1-2-11-21-18(15-7-5-3-4-6-8-15)13-14-9-10-16(19)17(20)12-14/h9-10,12,15,18,21H,2-8,11,13H2,1H3. The molecule has 0 amide bonds. The second-order valence-corrected chi connectivity index (χ2v) is 6.67. The molecule has 1 N–H and O–H groups in total. The summed E-state index contributed by atoms with van der Waals surface area (Å²) in [4.78, 5) is 0. The molecule has 1 fully saturated rings. The number of hydrogen-bond acceptors (Lipinski definition) is 1. The van der Waals surface area contributed by atoms with Crippen molar-refractivity contribution in [2.75, 3.05) is 6.54 Å². The van der Waals surface area contributed by atoms with E-state index in [-0.39, 0.29) is 10.8 Å². The summed E-state index contributed by atoms with van der Waals surface area (Å²) in [7, 11) is 0. The van der Waals surface area contributed by atoms with Gasteiger partial charge in [0.05, 0.1) is 5.02 Å². The number of nitrogens with one attached hydrogen (secondary N) is 1. The molecule has 0 bridgehead atoms. The van der Waals surface area contributed by atoms with Crippen molar-refractivity contribution in [3.05, 3.63) is 34.6 Å². The monoisotopic (exact) mass is 311 g/mol. The van der Waals surface area contributed by atoms with Gasteiger partial charge < -0.3 is 5.32 Å². The summed E-state index contributed by atoms with van der Waals surface area (Å²) in [6, 6.07) is 5.70. The minimum Gasteiger partial charge on any atom is -0.313 e. The van der Waals surface area contributed by atoms with Crippen LogP contribution in [-0.4, -0.2) is 12.6 Å². The Morgan fingerprint density at radius 2 is 1.95 bits per heavy atom. The lowest BCUT2D eigenvalue weighted by Crippen LogP contribution is -2.38. The van der Waals surface area contributed by atoms with Crippen LogP contribution in [0.25, 0.3) is 0 Å². The number of halogens is 2. The molecule has 0 spiro atoms.